The average Bonchev–Trinajstić information content (AvgIpc) is 2.58. The lowest BCUT2D eigenvalue weighted by molar-refractivity contribution is 0.560. The van der Waals surface area contributed by atoms with Crippen LogP contribution in [0, 0.1) is 5.82 Å². The number of hydrogen-bond donors (Lipinski definition) is 0. The maximum absolute atomic E-state index is 14.5. The van der Waals surface area contributed by atoms with Crippen LogP contribution >= 0.6 is 23.2 Å². The van der Waals surface area contributed by atoms with Gasteiger partial charge in [0.1, 0.15) is 5.82 Å². The Morgan fingerprint density at radius 2 is 1.70 bits per heavy atom. The summed E-state index contributed by atoms with van der Waals surface area (Å²) in [6.07, 6.45) is 2.54. The molecule has 0 saturated heterocycles. The van der Waals surface area contributed by atoms with Crippen LogP contribution in [-0.2, 0) is 20.8 Å². The molecule has 0 bridgehead atoms. The lowest BCUT2D eigenvalue weighted by Crippen LogP contribution is -2.39. The molecule has 2 aromatic rings. The predicted octanol–water partition coefficient (Wildman–Crippen LogP) is 4.88. The van der Waals surface area contributed by atoms with Gasteiger partial charge >= 0.3 is 0 Å². The van der Waals surface area contributed by atoms with Crippen LogP contribution in [0.4, 0.5) is 10.1 Å². The minimum Gasteiger partial charge on any atom is -0.261 e. The van der Waals surface area contributed by atoms with Crippen molar-refractivity contribution in [2.24, 2.45) is 0 Å². The van der Waals surface area contributed by atoms with Gasteiger partial charge in [-0.2, -0.15) is 0 Å². The Hall–Kier alpha value is -1.15. The Kier molecular flexibility index (Phi) is 7.68. The van der Waals surface area contributed by atoms with Crippen molar-refractivity contribution in [3.8, 4) is 0 Å². The van der Waals surface area contributed by atoms with Crippen LogP contribution in [0.3, 0.4) is 0 Å². The summed E-state index contributed by atoms with van der Waals surface area (Å²) in [5.41, 5.74) is -0.123. The highest BCUT2D eigenvalue weighted by Crippen LogP contribution is 2.32. The molecule has 0 saturated carbocycles. The van der Waals surface area contributed by atoms with Crippen molar-refractivity contribution in [2.75, 3.05) is 16.3 Å². The number of benzene rings is 2. The molecule has 148 valence electrons. The smallest absolute Gasteiger partial charge is 0.261 e. The summed E-state index contributed by atoms with van der Waals surface area (Å²) in [6.45, 7) is 1.69. The van der Waals surface area contributed by atoms with Gasteiger partial charge in [0.25, 0.3) is 10.0 Å². The van der Waals surface area contributed by atoms with E-state index in [1.807, 2.05) is 0 Å². The van der Waals surface area contributed by atoms with Gasteiger partial charge in [0.2, 0.25) is 0 Å². The zero-order chi connectivity index (χ0) is 20.2. The number of hydrogen-bond acceptors (Lipinski definition) is 3. The van der Waals surface area contributed by atoms with Crippen molar-refractivity contribution >= 4 is 49.7 Å². The molecule has 0 N–H and O–H groups in total. The summed E-state index contributed by atoms with van der Waals surface area (Å²) in [5, 5.41) is 0.623. The lowest BCUT2D eigenvalue weighted by Gasteiger charge is -2.31. The van der Waals surface area contributed by atoms with Crippen LogP contribution in [0.1, 0.15) is 19.8 Å². The minimum absolute atomic E-state index is 0.00260. The molecule has 0 radical (unpaired) electrons. The van der Waals surface area contributed by atoms with Gasteiger partial charge in [0.15, 0.2) is 0 Å². The van der Waals surface area contributed by atoms with Gasteiger partial charge in [-0.1, -0.05) is 23.2 Å². The van der Waals surface area contributed by atoms with Crippen molar-refractivity contribution in [3.63, 3.8) is 0 Å². The van der Waals surface area contributed by atoms with E-state index in [1.165, 1.54) is 36.4 Å². The van der Waals surface area contributed by atoms with Gasteiger partial charge in [0, 0.05) is 38.9 Å². The first-order valence-electron chi connectivity index (χ1n) is 8.18. The summed E-state index contributed by atoms with van der Waals surface area (Å²) in [5.74, 6) is -0.250. The molecular formula is C18H20Cl2FNO3S2. The van der Waals surface area contributed by atoms with Crippen LogP contribution in [-0.4, -0.2) is 30.7 Å². The molecule has 2 aromatic carbocycles. The zero-order valence-corrected chi connectivity index (χ0v) is 18.0. The van der Waals surface area contributed by atoms with Crippen molar-refractivity contribution in [3.05, 3.63) is 58.3 Å². The fourth-order valence-electron chi connectivity index (χ4n) is 2.68. The first-order chi connectivity index (χ1) is 12.6. The largest absolute Gasteiger partial charge is 0.264 e. The molecule has 0 aliphatic rings. The third kappa shape index (κ3) is 5.67. The molecule has 0 spiro atoms. The van der Waals surface area contributed by atoms with Crippen molar-refractivity contribution in [1.82, 2.24) is 0 Å². The second-order valence-corrected chi connectivity index (χ2v) is 10.4. The highest BCUT2D eigenvalue weighted by atomic mass is 35.5. The van der Waals surface area contributed by atoms with Crippen molar-refractivity contribution in [1.29, 1.82) is 0 Å². The Bertz CT molecular complexity index is 921. The minimum atomic E-state index is -4.06. The van der Waals surface area contributed by atoms with E-state index in [1.54, 1.807) is 13.2 Å². The molecule has 2 rings (SSSR count). The van der Waals surface area contributed by atoms with E-state index < -0.39 is 32.7 Å². The molecule has 1 unspecified atom stereocenters. The Balaban J connectivity index is 2.50. The van der Waals surface area contributed by atoms with Gasteiger partial charge in [0.05, 0.1) is 10.6 Å². The van der Waals surface area contributed by atoms with Crippen LogP contribution in [0.15, 0.2) is 47.4 Å². The van der Waals surface area contributed by atoms with Crippen molar-refractivity contribution < 1.29 is 17.0 Å². The number of rotatable bonds is 8. The van der Waals surface area contributed by atoms with E-state index in [0.29, 0.717) is 23.6 Å². The highest BCUT2D eigenvalue weighted by molar-refractivity contribution is 7.92. The molecule has 0 aliphatic heterocycles. The first-order valence-corrected chi connectivity index (χ1v) is 12.1. The van der Waals surface area contributed by atoms with Crippen LogP contribution in [0.2, 0.25) is 10.0 Å². The fraction of sp³-hybridized carbons (Fsp3) is 0.333. The molecule has 27 heavy (non-hydrogen) atoms. The first kappa shape index (κ1) is 22.1. The normalized spacial score (nSPS) is 14.0. The second kappa shape index (κ2) is 9.37. The van der Waals surface area contributed by atoms with Gasteiger partial charge in [-0.25, -0.2) is 12.8 Å². The van der Waals surface area contributed by atoms with E-state index in [2.05, 4.69) is 0 Å². The van der Waals surface area contributed by atoms with E-state index in [-0.39, 0.29) is 15.6 Å². The highest BCUT2D eigenvalue weighted by Gasteiger charge is 2.31. The SMILES string of the molecule is C[C@H](CCCS(C)=O)N(c1cc(Cl)ccc1F)S(=O)(=O)c1ccc(Cl)cc1. The molecule has 0 heterocycles. The molecule has 0 aliphatic carbocycles. The van der Waals surface area contributed by atoms with Crippen molar-refractivity contribution in [2.45, 2.75) is 30.7 Å². The number of anilines is 1. The molecule has 0 fully saturated rings. The molecule has 9 heteroatoms. The van der Waals surface area contributed by atoms with Crippen LogP contribution < -0.4 is 4.31 Å². The van der Waals surface area contributed by atoms with Crippen LogP contribution in [0.5, 0.6) is 0 Å². The summed E-state index contributed by atoms with van der Waals surface area (Å²) in [4.78, 5) is -0.00260. The molecular weight excluding hydrogens is 432 g/mol. The summed E-state index contributed by atoms with van der Waals surface area (Å²) in [6, 6.07) is 8.90. The monoisotopic (exact) mass is 451 g/mol. The molecule has 0 amide bonds. The molecule has 0 aromatic heterocycles. The average molecular weight is 452 g/mol. The predicted molar refractivity (Wildman–Crippen MR) is 110 cm³/mol. The number of nitrogens with zero attached hydrogens (tertiary/aromatic N) is 1. The summed E-state index contributed by atoms with van der Waals surface area (Å²) < 4.78 is 53.4. The zero-order valence-electron chi connectivity index (χ0n) is 14.9. The topological polar surface area (TPSA) is 54.5 Å². The number of halogens is 3. The van der Waals surface area contributed by atoms with E-state index >= 15 is 0 Å². The summed E-state index contributed by atoms with van der Waals surface area (Å²) >= 11 is 11.8. The van der Waals surface area contributed by atoms with E-state index in [9.17, 15) is 17.0 Å². The second-order valence-electron chi connectivity index (χ2n) is 6.12. The summed E-state index contributed by atoms with van der Waals surface area (Å²) in [7, 11) is -5.05. The van der Waals surface area contributed by atoms with E-state index in [0.717, 1.165) is 10.4 Å². The van der Waals surface area contributed by atoms with E-state index in [4.69, 9.17) is 23.2 Å². The van der Waals surface area contributed by atoms with Gasteiger partial charge < -0.3 is 0 Å². The Morgan fingerprint density at radius 3 is 2.30 bits per heavy atom. The third-order valence-electron chi connectivity index (χ3n) is 3.97. The lowest BCUT2D eigenvalue weighted by atomic mass is 10.2. The molecule has 2 atom stereocenters. The Labute approximate surface area is 171 Å². The van der Waals surface area contributed by atoms with Gasteiger partial charge in [-0.3, -0.25) is 8.51 Å². The van der Waals surface area contributed by atoms with Gasteiger partial charge in [-0.05, 0) is 62.2 Å². The van der Waals surface area contributed by atoms with Gasteiger partial charge in [-0.15, -0.1) is 0 Å². The maximum atomic E-state index is 14.5. The number of sulfonamides is 1. The molecule has 4 nitrogen and oxygen atoms in total. The Morgan fingerprint density at radius 1 is 1.11 bits per heavy atom. The maximum Gasteiger partial charge on any atom is 0.264 e. The standard InChI is InChI=1S/C18H20Cl2FNO3S2/c1-13(4-3-11-26(2)23)22(18-12-15(20)7-10-17(18)21)27(24,25)16-8-5-14(19)6-9-16/h5-10,12-13H,3-4,11H2,1-2H3/t13-,26?/m1/s1. The van der Waals surface area contributed by atoms with Crippen LogP contribution in [0.25, 0.3) is 0 Å². The third-order valence-corrected chi connectivity index (χ3v) is 7.26. The fourth-order valence-corrected chi connectivity index (χ4v) is 5.23. The quantitative estimate of drug-likeness (QED) is 0.574.